The lowest BCUT2D eigenvalue weighted by Crippen LogP contribution is -2.48. The Bertz CT molecular complexity index is 267. The van der Waals surface area contributed by atoms with Gasteiger partial charge in [0.25, 0.3) is 0 Å². The number of carbonyl (C=O) groups is 2. The quantitative estimate of drug-likeness (QED) is 0.788. The molecule has 0 aromatic rings. The molecule has 6 heteroatoms. The van der Waals surface area contributed by atoms with Crippen molar-refractivity contribution in [2.75, 3.05) is 20.8 Å². The van der Waals surface area contributed by atoms with Gasteiger partial charge < -0.3 is 14.6 Å². The van der Waals surface area contributed by atoms with Crippen LogP contribution in [0.3, 0.4) is 0 Å². The number of aliphatic hydroxyl groups excluding tert-OH is 1. The lowest BCUT2D eigenvalue weighted by molar-refractivity contribution is -0.147. The molecular weight excluding hydrogens is 250 g/mol. The highest BCUT2D eigenvalue weighted by atomic mass is 16.5. The number of carbonyl (C=O) groups excluding carboxylic acids is 2. The molecule has 1 N–H and O–H groups in total. The number of hydrogen-bond acceptors (Lipinski definition) is 5. The van der Waals surface area contributed by atoms with Crippen molar-refractivity contribution in [3.8, 4) is 0 Å². The Balaban J connectivity index is 0.00000154. The van der Waals surface area contributed by atoms with Gasteiger partial charge in [0.05, 0.1) is 26.9 Å². The molecule has 1 saturated heterocycles. The second-order valence-corrected chi connectivity index (χ2v) is 4.09. The van der Waals surface area contributed by atoms with Gasteiger partial charge in [0.2, 0.25) is 0 Å². The highest BCUT2D eigenvalue weighted by Gasteiger charge is 2.47. The van der Waals surface area contributed by atoms with E-state index in [-0.39, 0.29) is 18.6 Å². The van der Waals surface area contributed by atoms with Crippen LogP contribution in [0.4, 0.5) is 4.79 Å². The van der Waals surface area contributed by atoms with Crippen LogP contribution in [0.1, 0.15) is 33.6 Å². The third kappa shape index (κ3) is 3.83. The van der Waals surface area contributed by atoms with Gasteiger partial charge in [-0.1, -0.05) is 27.2 Å². The Kier molecular flexibility index (Phi) is 8.14. The minimum Gasteiger partial charge on any atom is -0.467 e. The van der Waals surface area contributed by atoms with Gasteiger partial charge in [-0.2, -0.15) is 0 Å². The summed E-state index contributed by atoms with van der Waals surface area (Å²) >= 11 is 0. The predicted octanol–water partition coefficient (Wildman–Crippen LogP) is 1.41. The lowest BCUT2D eigenvalue weighted by atomic mass is 9.96. The first-order chi connectivity index (χ1) is 9.10. The minimum atomic E-state index is -0.658. The van der Waals surface area contributed by atoms with Crippen LogP contribution in [0.2, 0.25) is 0 Å². The number of esters is 1. The lowest BCUT2D eigenvalue weighted by Gasteiger charge is -2.27. The van der Waals surface area contributed by atoms with Crippen molar-refractivity contribution < 1.29 is 24.2 Å². The molecule has 19 heavy (non-hydrogen) atoms. The van der Waals surface area contributed by atoms with Crippen molar-refractivity contribution in [3.05, 3.63) is 0 Å². The molecule has 1 amide bonds. The van der Waals surface area contributed by atoms with E-state index in [0.717, 1.165) is 6.42 Å². The van der Waals surface area contributed by atoms with Crippen LogP contribution in [-0.4, -0.2) is 55.0 Å². The summed E-state index contributed by atoms with van der Waals surface area (Å²) in [6.45, 7) is 5.76. The molecule has 1 rings (SSSR count). The normalized spacial score (nSPS) is 25.4. The summed E-state index contributed by atoms with van der Waals surface area (Å²) in [4.78, 5) is 24.7. The second kappa shape index (κ2) is 8.74. The molecule has 0 aliphatic carbocycles. The molecule has 112 valence electrons. The topological polar surface area (TPSA) is 76.1 Å². The number of methoxy groups -OCH3 is 2. The second-order valence-electron chi connectivity index (χ2n) is 4.09. The van der Waals surface area contributed by atoms with Gasteiger partial charge in [0, 0.05) is 0 Å². The Morgan fingerprint density at radius 2 is 1.84 bits per heavy atom. The van der Waals surface area contributed by atoms with Crippen molar-refractivity contribution in [2.45, 2.75) is 45.7 Å². The first-order valence-corrected chi connectivity index (χ1v) is 6.65. The van der Waals surface area contributed by atoms with E-state index in [9.17, 15) is 14.7 Å². The fourth-order valence-electron chi connectivity index (χ4n) is 2.39. The van der Waals surface area contributed by atoms with Gasteiger partial charge in [-0.15, -0.1) is 0 Å². The van der Waals surface area contributed by atoms with E-state index in [1.807, 2.05) is 20.8 Å². The molecule has 0 saturated carbocycles. The van der Waals surface area contributed by atoms with E-state index in [4.69, 9.17) is 4.74 Å². The molecule has 0 bridgehead atoms. The van der Waals surface area contributed by atoms with E-state index >= 15 is 0 Å². The highest BCUT2D eigenvalue weighted by molar-refractivity contribution is 5.82. The molecule has 1 heterocycles. The molecular formula is C13H25NO5. The zero-order valence-electron chi connectivity index (χ0n) is 12.4. The van der Waals surface area contributed by atoms with Crippen molar-refractivity contribution in [3.63, 3.8) is 0 Å². The van der Waals surface area contributed by atoms with Crippen LogP contribution in [0.5, 0.6) is 0 Å². The molecule has 6 nitrogen and oxygen atoms in total. The van der Waals surface area contributed by atoms with Crippen molar-refractivity contribution in [1.29, 1.82) is 0 Å². The number of ether oxygens (including phenoxy) is 2. The van der Waals surface area contributed by atoms with Gasteiger partial charge in [-0.05, 0) is 12.3 Å². The van der Waals surface area contributed by atoms with Crippen LogP contribution in [-0.2, 0) is 14.3 Å². The van der Waals surface area contributed by atoms with Crippen LogP contribution in [0, 0.1) is 5.92 Å². The number of likely N-dealkylation sites (tertiary alicyclic amines) is 1. The van der Waals surface area contributed by atoms with Gasteiger partial charge in [-0.3, -0.25) is 4.90 Å². The number of nitrogens with zero attached hydrogens (tertiary/aromatic N) is 1. The zero-order valence-corrected chi connectivity index (χ0v) is 12.4. The molecule has 0 radical (unpaired) electrons. The number of amides is 1. The summed E-state index contributed by atoms with van der Waals surface area (Å²) in [6, 6.07) is -1.04. The largest absolute Gasteiger partial charge is 0.467 e. The first-order valence-electron chi connectivity index (χ1n) is 6.65. The van der Waals surface area contributed by atoms with Gasteiger partial charge in [0.15, 0.2) is 0 Å². The monoisotopic (exact) mass is 275 g/mol. The molecule has 3 atom stereocenters. The zero-order chi connectivity index (χ0) is 15.0. The maximum atomic E-state index is 11.7. The minimum absolute atomic E-state index is 0.00120. The third-order valence-corrected chi connectivity index (χ3v) is 3.28. The summed E-state index contributed by atoms with van der Waals surface area (Å²) in [5, 5.41) is 9.26. The van der Waals surface area contributed by atoms with Gasteiger partial charge in [0.1, 0.15) is 6.04 Å². The summed E-state index contributed by atoms with van der Waals surface area (Å²) in [7, 11) is 2.54. The maximum Gasteiger partial charge on any atom is 0.410 e. The molecule has 0 spiro atoms. The molecule has 1 aliphatic heterocycles. The summed E-state index contributed by atoms with van der Waals surface area (Å²) < 4.78 is 9.37. The summed E-state index contributed by atoms with van der Waals surface area (Å²) in [6.07, 6.45) is 0.724. The molecule has 3 unspecified atom stereocenters. The van der Waals surface area contributed by atoms with Crippen LogP contribution < -0.4 is 0 Å². The smallest absolute Gasteiger partial charge is 0.410 e. The van der Waals surface area contributed by atoms with Crippen molar-refractivity contribution >= 4 is 12.1 Å². The fraction of sp³-hybridized carbons (Fsp3) is 0.846. The Hall–Kier alpha value is -1.30. The fourth-order valence-corrected chi connectivity index (χ4v) is 2.39. The van der Waals surface area contributed by atoms with Crippen LogP contribution in [0.25, 0.3) is 0 Å². The molecule has 0 aromatic carbocycles. The van der Waals surface area contributed by atoms with E-state index in [2.05, 4.69) is 4.74 Å². The first kappa shape index (κ1) is 17.7. The summed E-state index contributed by atoms with van der Waals surface area (Å²) in [5.41, 5.74) is 0. The van der Waals surface area contributed by atoms with Crippen LogP contribution >= 0.6 is 0 Å². The standard InChI is InChI=1S/C11H19NO5.C2H6/c1-4-7-5-8(6-13)12(11(15)17-3)9(7)10(14)16-2;1-2/h7-9,13H,4-6H2,1-3H3;1-2H3. The van der Waals surface area contributed by atoms with E-state index in [1.54, 1.807) is 0 Å². The maximum absolute atomic E-state index is 11.7. The van der Waals surface area contributed by atoms with Crippen molar-refractivity contribution in [2.24, 2.45) is 5.92 Å². The van der Waals surface area contributed by atoms with Gasteiger partial charge in [-0.25, -0.2) is 9.59 Å². The Morgan fingerprint density at radius 3 is 2.21 bits per heavy atom. The number of hydrogen-bond donors (Lipinski definition) is 1. The Morgan fingerprint density at radius 1 is 1.26 bits per heavy atom. The van der Waals surface area contributed by atoms with E-state index in [0.29, 0.717) is 6.42 Å². The van der Waals surface area contributed by atoms with Crippen LogP contribution in [0.15, 0.2) is 0 Å². The Labute approximate surface area is 114 Å². The number of aliphatic hydroxyl groups is 1. The molecule has 1 aliphatic rings. The predicted molar refractivity (Wildman–Crippen MR) is 70.7 cm³/mol. The SMILES string of the molecule is CC.CCC1CC(CO)N(C(=O)OC)C1C(=O)OC. The third-order valence-electron chi connectivity index (χ3n) is 3.28. The van der Waals surface area contributed by atoms with E-state index in [1.165, 1.54) is 19.1 Å². The highest BCUT2D eigenvalue weighted by Crippen LogP contribution is 2.33. The number of rotatable bonds is 3. The van der Waals surface area contributed by atoms with E-state index < -0.39 is 18.1 Å². The van der Waals surface area contributed by atoms with Gasteiger partial charge >= 0.3 is 12.1 Å². The molecule has 0 aromatic heterocycles. The summed E-state index contributed by atoms with van der Waals surface area (Å²) in [5.74, 6) is -0.461. The average molecular weight is 275 g/mol. The average Bonchev–Trinajstić information content (AvgIpc) is 2.86. The molecule has 1 fully saturated rings. The van der Waals surface area contributed by atoms with Crippen molar-refractivity contribution in [1.82, 2.24) is 4.90 Å².